The Morgan fingerprint density at radius 2 is 1.86 bits per heavy atom. The van der Waals surface area contributed by atoms with Crippen molar-refractivity contribution in [3.05, 3.63) is 34.4 Å². The van der Waals surface area contributed by atoms with Crippen LogP contribution in [0.2, 0.25) is 0 Å². The first-order valence-electron chi connectivity index (χ1n) is 12.3. The molecule has 3 aliphatic heterocycles. The van der Waals surface area contributed by atoms with Crippen LogP contribution < -0.4 is 20.7 Å². The largest absolute Gasteiger partial charge is 0.472 e. The number of nitrogens with zero attached hydrogens (tertiary/aromatic N) is 4. The van der Waals surface area contributed by atoms with Crippen LogP contribution in [0.25, 0.3) is 22.0 Å². The summed E-state index contributed by atoms with van der Waals surface area (Å²) in [6.45, 7) is 9.42. The van der Waals surface area contributed by atoms with Crippen molar-refractivity contribution in [2.45, 2.75) is 77.4 Å². The van der Waals surface area contributed by atoms with Gasteiger partial charge in [-0.1, -0.05) is 0 Å². The van der Waals surface area contributed by atoms with E-state index in [-0.39, 0.29) is 46.5 Å². The highest BCUT2D eigenvalue weighted by Gasteiger charge is 2.51. The number of nitrogens with one attached hydrogen (secondary N) is 1. The smallest absolute Gasteiger partial charge is 0.418 e. The summed E-state index contributed by atoms with van der Waals surface area (Å²) in [5.41, 5.74) is 4.46. The maximum Gasteiger partial charge on any atom is 0.418 e. The third kappa shape index (κ3) is 3.46. The number of fused-ring (bicyclic) bond motifs is 5. The van der Waals surface area contributed by atoms with Crippen molar-refractivity contribution in [1.29, 1.82) is 0 Å². The van der Waals surface area contributed by atoms with Gasteiger partial charge in [-0.2, -0.15) is 13.2 Å². The Morgan fingerprint density at radius 3 is 2.57 bits per heavy atom. The first-order valence-corrected chi connectivity index (χ1v) is 12.3. The average Bonchev–Trinajstić information content (AvgIpc) is 3.03. The Hall–Kier alpha value is -3.21. The summed E-state index contributed by atoms with van der Waals surface area (Å²) in [5, 5.41) is 4.25. The van der Waals surface area contributed by atoms with E-state index in [9.17, 15) is 13.2 Å². The molecule has 0 radical (unpaired) electrons. The Bertz CT molecular complexity index is 1470. The molecule has 0 saturated carbocycles. The van der Waals surface area contributed by atoms with Gasteiger partial charge < -0.3 is 20.7 Å². The predicted molar refractivity (Wildman–Crippen MR) is 132 cm³/mol. The molecular weight excluding hydrogens is 488 g/mol. The second-order valence-corrected chi connectivity index (χ2v) is 10.8. The molecule has 7 nitrogen and oxygen atoms in total. The Morgan fingerprint density at radius 1 is 1.14 bits per heavy atom. The highest BCUT2D eigenvalue weighted by molar-refractivity contribution is 6.01. The lowest BCUT2D eigenvalue weighted by Crippen LogP contribution is -2.66. The van der Waals surface area contributed by atoms with Crippen LogP contribution in [0.3, 0.4) is 0 Å². The number of alkyl halides is 3. The summed E-state index contributed by atoms with van der Waals surface area (Å²) in [4.78, 5) is 15.2. The first-order chi connectivity index (χ1) is 17.3. The monoisotopic (exact) mass is 516 g/mol. The van der Waals surface area contributed by atoms with Gasteiger partial charge >= 0.3 is 6.18 Å². The molecule has 11 heteroatoms. The number of nitrogens with two attached hydrogens (primary N) is 1. The highest BCUT2D eigenvalue weighted by atomic mass is 19.4. The van der Waals surface area contributed by atoms with Gasteiger partial charge in [0.25, 0.3) is 0 Å². The fourth-order valence-electron chi connectivity index (χ4n) is 6.48. The number of pyridine rings is 3. The maximum atomic E-state index is 16.4. The first kappa shape index (κ1) is 24.1. The number of nitrogen functional groups attached to an aromatic ring is 1. The molecule has 4 atom stereocenters. The molecule has 2 fully saturated rings. The van der Waals surface area contributed by atoms with Crippen LogP contribution in [0.1, 0.15) is 49.2 Å². The molecule has 4 unspecified atom stereocenters. The minimum atomic E-state index is -4.79. The predicted octanol–water partition coefficient (Wildman–Crippen LogP) is 4.84. The number of piperazine rings is 1. The van der Waals surface area contributed by atoms with Gasteiger partial charge in [-0.05, 0) is 59.1 Å². The van der Waals surface area contributed by atoms with Gasteiger partial charge in [-0.15, -0.1) is 0 Å². The van der Waals surface area contributed by atoms with Gasteiger partial charge in [0, 0.05) is 34.8 Å². The van der Waals surface area contributed by atoms with Crippen LogP contribution in [0.15, 0.2) is 6.07 Å². The maximum absolute atomic E-state index is 16.4. The number of hydrogen-bond donors (Lipinski definition) is 2. The lowest BCUT2D eigenvalue weighted by molar-refractivity contribution is -0.137. The fraction of sp³-hybridized carbons (Fsp3) is 0.500. The van der Waals surface area contributed by atoms with Gasteiger partial charge in [0.1, 0.15) is 23.4 Å². The third-order valence-electron chi connectivity index (χ3n) is 8.16. The zero-order valence-electron chi connectivity index (χ0n) is 21.2. The number of aryl methyl sites for hydroxylation is 3. The number of halogens is 4. The van der Waals surface area contributed by atoms with Crippen molar-refractivity contribution < 1.29 is 22.3 Å². The second-order valence-electron chi connectivity index (χ2n) is 10.8. The van der Waals surface area contributed by atoms with Gasteiger partial charge in [0.15, 0.2) is 5.82 Å². The SMILES string of the molecule is Cc1nc(N)cc(-c2nc3c4c(nc(C)c(C)c4c2F)N2CC4(C)CCC(N4)C2C(C)O3)c1C(F)(F)F. The number of ether oxygens (including phenoxy) is 1. The summed E-state index contributed by atoms with van der Waals surface area (Å²) in [6.07, 6.45) is -3.23. The minimum Gasteiger partial charge on any atom is -0.472 e. The average molecular weight is 517 g/mol. The van der Waals surface area contributed by atoms with E-state index in [4.69, 9.17) is 15.5 Å². The fourth-order valence-corrected chi connectivity index (χ4v) is 6.48. The Kier molecular flexibility index (Phi) is 5.00. The summed E-state index contributed by atoms with van der Waals surface area (Å²) in [7, 11) is 0. The molecule has 6 heterocycles. The molecule has 3 N–H and O–H groups in total. The van der Waals surface area contributed by atoms with Gasteiger partial charge in [0.2, 0.25) is 5.88 Å². The molecule has 0 amide bonds. The molecular formula is C26H28F4N6O. The number of rotatable bonds is 1. The van der Waals surface area contributed by atoms with Crippen molar-refractivity contribution in [2.75, 3.05) is 17.2 Å². The molecule has 196 valence electrons. The zero-order valence-corrected chi connectivity index (χ0v) is 21.2. The normalized spacial score (nSPS) is 26.7. The van der Waals surface area contributed by atoms with Crippen LogP contribution in [0, 0.1) is 26.6 Å². The van der Waals surface area contributed by atoms with Crippen LogP contribution in [-0.4, -0.2) is 45.2 Å². The van der Waals surface area contributed by atoms with E-state index >= 15 is 4.39 Å². The molecule has 6 rings (SSSR count). The number of anilines is 2. The topological polar surface area (TPSA) is 89.2 Å². The van der Waals surface area contributed by atoms with E-state index in [0.717, 1.165) is 18.9 Å². The number of hydrogen-bond acceptors (Lipinski definition) is 7. The van der Waals surface area contributed by atoms with E-state index < -0.39 is 28.8 Å². The van der Waals surface area contributed by atoms with Crippen molar-refractivity contribution in [2.24, 2.45) is 0 Å². The quantitative estimate of drug-likeness (QED) is 0.448. The van der Waals surface area contributed by atoms with E-state index in [1.807, 2.05) is 6.92 Å². The Labute approximate surface area is 211 Å². The van der Waals surface area contributed by atoms with Crippen molar-refractivity contribution in [1.82, 2.24) is 20.3 Å². The van der Waals surface area contributed by atoms with Crippen LogP contribution in [-0.2, 0) is 6.18 Å². The van der Waals surface area contributed by atoms with Crippen LogP contribution in [0.5, 0.6) is 5.88 Å². The minimum absolute atomic E-state index is 0.0705. The molecule has 37 heavy (non-hydrogen) atoms. The van der Waals surface area contributed by atoms with Crippen molar-refractivity contribution in [3.8, 4) is 17.1 Å². The van der Waals surface area contributed by atoms with Crippen LogP contribution >= 0.6 is 0 Å². The standard InChI is InChI=1S/C26H28F4N6O/c1-10-11(2)33-23-18-17(10)20(27)21(14-8-16(31)32-12(3)19(14)26(28,29)30)34-24(18)37-13(4)22-15-6-7-25(5,35-15)9-36(22)23/h8,13,15,22,35H,6-7,9H2,1-5H3,(H2,31,32). The molecule has 3 aromatic heterocycles. The van der Waals surface area contributed by atoms with E-state index in [1.165, 1.54) is 6.92 Å². The van der Waals surface area contributed by atoms with Gasteiger partial charge in [0.05, 0.1) is 22.7 Å². The zero-order chi connectivity index (χ0) is 26.6. The van der Waals surface area contributed by atoms with E-state index in [1.54, 1.807) is 13.8 Å². The van der Waals surface area contributed by atoms with Crippen molar-refractivity contribution in [3.63, 3.8) is 0 Å². The van der Waals surface area contributed by atoms with E-state index in [2.05, 4.69) is 27.1 Å². The molecule has 0 aliphatic carbocycles. The summed E-state index contributed by atoms with van der Waals surface area (Å²) >= 11 is 0. The number of aromatic nitrogens is 3. The molecule has 0 aromatic carbocycles. The second kappa shape index (κ2) is 7.66. The lowest BCUT2D eigenvalue weighted by Gasteiger charge is -2.46. The van der Waals surface area contributed by atoms with Gasteiger partial charge in [-0.3, -0.25) is 0 Å². The molecule has 2 bridgehead atoms. The molecule has 2 saturated heterocycles. The molecule has 3 aromatic rings. The molecule has 3 aliphatic rings. The lowest BCUT2D eigenvalue weighted by atomic mass is 9.95. The molecule has 0 spiro atoms. The Balaban J connectivity index is 1.69. The third-order valence-corrected chi connectivity index (χ3v) is 8.16. The van der Waals surface area contributed by atoms with Crippen molar-refractivity contribution >= 4 is 22.4 Å². The van der Waals surface area contributed by atoms with E-state index in [0.29, 0.717) is 29.0 Å². The summed E-state index contributed by atoms with van der Waals surface area (Å²) in [5.74, 6) is -0.391. The summed E-state index contributed by atoms with van der Waals surface area (Å²) in [6, 6.07) is 1.06. The van der Waals surface area contributed by atoms with Gasteiger partial charge in [-0.25, -0.2) is 19.3 Å². The summed E-state index contributed by atoms with van der Waals surface area (Å²) < 4.78 is 65.2. The highest BCUT2D eigenvalue weighted by Crippen LogP contribution is 2.48. The van der Waals surface area contributed by atoms with Crippen LogP contribution in [0.4, 0.5) is 29.2 Å².